The van der Waals surface area contributed by atoms with Gasteiger partial charge >= 0.3 is 0 Å². The first kappa shape index (κ1) is 31.7. The Hall–Kier alpha value is -3.30. The zero-order valence-electron chi connectivity index (χ0n) is 26.5. The maximum Gasteiger partial charge on any atom is 0.260 e. The van der Waals surface area contributed by atoms with Gasteiger partial charge in [-0.3, -0.25) is 14.9 Å². The van der Waals surface area contributed by atoms with Gasteiger partial charge in [0.1, 0.15) is 21.6 Å². The maximum atomic E-state index is 13.2. The summed E-state index contributed by atoms with van der Waals surface area (Å²) >= 11 is 3.27. The Kier molecular flexibility index (Phi) is 9.29. The van der Waals surface area contributed by atoms with Crippen molar-refractivity contribution in [2.45, 2.75) is 88.6 Å². The summed E-state index contributed by atoms with van der Waals surface area (Å²) in [5.41, 5.74) is 3.88. The second-order valence-electron chi connectivity index (χ2n) is 12.2. The van der Waals surface area contributed by atoms with Gasteiger partial charge in [-0.2, -0.15) is 0 Å². The fraction of sp³-hybridized carbons (Fsp3) is 0.444. The van der Waals surface area contributed by atoms with E-state index in [1.165, 1.54) is 38.5 Å². The van der Waals surface area contributed by atoms with Crippen molar-refractivity contribution in [2.24, 2.45) is 9.98 Å². The molecule has 236 valence electrons. The van der Waals surface area contributed by atoms with E-state index >= 15 is 0 Å². The Morgan fingerprint density at radius 3 is 1.40 bits per heavy atom. The van der Waals surface area contributed by atoms with Crippen molar-refractivity contribution in [3.8, 4) is 11.5 Å². The van der Waals surface area contributed by atoms with Crippen LogP contribution < -0.4 is 14.8 Å². The lowest BCUT2D eigenvalue weighted by atomic mass is 9.78. The van der Waals surface area contributed by atoms with Crippen LogP contribution in [0.2, 0.25) is 0 Å². The van der Waals surface area contributed by atoms with Gasteiger partial charge in [-0.1, -0.05) is 75.9 Å². The van der Waals surface area contributed by atoms with Gasteiger partial charge < -0.3 is 9.47 Å². The molecule has 2 atom stereocenters. The number of imide groups is 1. The van der Waals surface area contributed by atoms with Crippen molar-refractivity contribution < 1.29 is 19.1 Å². The lowest BCUT2D eigenvalue weighted by Gasteiger charge is -2.43. The van der Waals surface area contributed by atoms with Gasteiger partial charge in [0, 0.05) is 11.1 Å². The fourth-order valence-corrected chi connectivity index (χ4v) is 9.04. The molecule has 1 N–H and O–H groups in total. The molecular formula is C36H41N3O4S2. The number of hydrogen-bond donors (Lipinski definition) is 1. The minimum atomic E-state index is -0.635. The number of nitrogens with one attached hydrogen (secondary N) is 1. The summed E-state index contributed by atoms with van der Waals surface area (Å²) in [5, 5.41) is 4.16. The van der Waals surface area contributed by atoms with E-state index in [-0.39, 0.29) is 0 Å². The molecule has 2 aromatic carbocycles. The van der Waals surface area contributed by atoms with E-state index in [0.29, 0.717) is 35.8 Å². The van der Waals surface area contributed by atoms with Crippen LogP contribution in [0.5, 0.6) is 11.5 Å². The van der Waals surface area contributed by atoms with E-state index in [1.54, 1.807) is 23.5 Å². The van der Waals surface area contributed by atoms with Gasteiger partial charge in [0.05, 0.1) is 45.2 Å². The number of aliphatic imine (C=N–C) groups is 2. The first-order valence-electron chi connectivity index (χ1n) is 16.2. The Morgan fingerprint density at radius 2 is 1.02 bits per heavy atom. The predicted octanol–water partition coefficient (Wildman–Crippen LogP) is 7.99. The van der Waals surface area contributed by atoms with E-state index in [0.717, 1.165) is 45.6 Å². The van der Waals surface area contributed by atoms with Gasteiger partial charge in [0.25, 0.3) is 11.8 Å². The van der Waals surface area contributed by atoms with Gasteiger partial charge in [-0.15, -0.1) is 0 Å². The number of carbonyl (C=O) groups excluding carboxylic acids is 2. The highest BCUT2D eigenvalue weighted by Crippen LogP contribution is 2.65. The van der Waals surface area contributed by atoms with E-state index in [1.807, 2.05) is 48.5 Å². The average molecular weight is 644 g/mol. The van der Waals surface area contributed by atoms with Crippen LogP contribution in [0.25, 0.3) is 0 Å². The molecule has 9 heteroatoms. The monoisotopic (exact) mass is 643 g/mol. The Labute approximate surface area is 274 Å². The highest BCUT2D eigenvalue weighted by Gasteiger charge is 2.64. The zero-order chi connectivity index (χ0) is 31.6. The van der Waals surface area contributed by atoms with Crippen LogP contribution in [0.3, 0.4) is 0 Å². The molecule has 3 aliphatic heterocycles. The third kappa shape index (κ3) is 5.89. The van der Waals surface area contributed by atoms with Crippen molar-refractivity contribution in [3.63, 3.8) is 0 Å². The van der Waals surface area contributed by atoms with Crippen molar-refractivity contribution in [2.75, 3.05) is 13.2 Å². The lowest BCUT2D eigenvalue weighted by Crippen LogP contribution is -2.48. The molecule has 0 unspecified atom stereocenters. The summed E-state index contributed by atoms with van der Waals surface area (Å²) in [6.45, 7) is 10.1. The number of unbranched alkanes of at least 4 members (excludes halogenated alkanes) is 6. The molecule has 7 nitrogen and oxygen atoms in total. The van der Waals surface area contributed by atoms with Crippen molar-refractivity contribution in [3.05, 3.63) is 82.2 Å². The molecular weight excluding hydrogens is 603 g/mol. The molecule has 45 heavy (non-hydrogen) atoms. The Morgan fingerprint density at radius 1 is 0.622 bits per heavy atom. The highest BCUT2D eigenvalue weighted by atomic mass is 32.2. The minimum Gasteiger partial charge on any atom is -0.494 e. The molecule has 6 rings (SSSR count). The average Bonchev–Trinajstić information content (AvgIpc) is 3.68. The van der Waals surface area contributed by atoms with Crippen LogP contribution in [0.1, 0.15) is 90.2 Å². The van der Waals surface area contributed by atoms with Crippen LogP contribution in [0.15, 0.2) is 81.1 Å². The number of carbonyl (C=O) groups is 2. The third-order valence-electron chi connectivity index (χ3n) is 8.98. The predicted molar refractivity (Wildman–Crippen MR) is 184 cm³/mol. The van der Waals surface area contributed by atoms with Gasteiger partial charge in [-0.25, -0.2) is 9.98 Å². The maximum absolute atomic E-state index is 13.2. The number of thioether (sulfide) groups is 2. The Bertz CT molecular complexity index is 1490. The summed E-state index contributed by atoms with van der Waals surface area (Å²) in [6.07, 6.45) is 9.29. The number of fused-ring (bicyclic) bond motifs is 4. The number of benzene rings is 2. The Balaban J connectivity index is 1.25. The topological polar surface area (TPSA) is 89.3 Å². The molecule has 4 aliphatic rings. The first-order chi connectivity index (χ1) is 21.8. The number of amides is 2. The number of ether oxygens (including phenoxy) is 2. The lowest BCUT2D eigenvalue weighted by molar-refractivity contribution is -0.123. The largest absolute Gasteiger partial charge is 0.494 e. The van der Waals surface area contributed by atoms with E-state index in [2.05, 4.69) is 33.0 Å². The summed E-state index contributed by atoms with van der Waals surface area (Å²) < 4.78 is 10.6. The van der Waals surface area contributed by atoms with Gasteiger partial charge in [-0.05, 0) is 75.2 Å². The summed E-state index contributed by atoms with van der Waals surface area (Å²) in [5.74, 6) is 0.858. The normalized spacial score (nSPS) is 23.5. The van der Waals surface area contributed by atoms with Crippen LogP contribution in [0.4, 0.5) is 0 Å². The van der Waals surface area contributed by atoms with Crippen molar-refractivity contribution in [1.82, 2.24) is 5.32 Å². The number of nitrogens with zero attached hydrogens (tertiary/aromatic N) is 2. The fourth-order valence-electron chi connectivity index (χ4n) is 6.16. The minimum absolute atomic E-state index is 0.349. The van der Waals surface area contributed by atoms with Crippen LogP contribution >= 0.6 is 23.5 Å². The van der Waals surface area contributed by atoms with Gasteiger partial charge in [0.2, 0.25) is 0 Å². The summed E-state index contributed by atoms with van der Waals surface area (Å²) in [7, 11) is 0. The van der Waals surface area contributed by atoms with E-state index < -0.39 is 21.3 Å². The number of hydrogen-bond acceptors (Lipinski definition) is 8. The molecule has 1 saturated heterocycles. The standard InChI is InChI=1S/C36H41N3O4S2/c1-5-7-9-11-21-42-25-17-13-23(14-18-25)33-37-29-27-28(32(41)39-31(27)40)30-36(4,35(29,3)44-33)45-34(38-30)24-15-19-26(20-16-24)43-22-12-10-8-6-2/h13-20H,5-12,21-22H2,1-4H3,(H,39,40,41)/t35-,36-/m0/s1. The van der Waals surface area contributed by atoms with Crippen LogP contribution in [-0.4, -0.2) is 44.6 Å². The SMILES string of the molecule is CCCCCCOc1ccc(C2=NC3=C4C(=O)NC(=O)C4=C4N=C(c5ccc(OCCCCCC)cc5)S[C@]4(C)[C@@]3(C)S2)cc1. The van der Waals surface area contributed by atoms with E-state index in [9.17, 15) is 9.59 Å². The van der Waals surface area contributed by atoms with Gasteiger partial charge in [0.15, 0.2) is 0 Å². The van der Waals surface area contributed by atoms with Crippen LogP contribution in [0, 0.1) is 0 Å². The van der Waals surface area contributed by atoms with Crippen LogP contribution in [-0.2, 0) is 9.59 Å². The number of rotatable bonds is 14. The molecule has 0 aromatic heterocycles. The molecule has 0 radical (unpaired) electrons. The smallest absolute Gasteiger partial charge is 0.260 e. The first-order valence-corrected chi connectivity index (χ1v) is 17.8. The molecule has 0 spiro atoms. The summed E-state index contributed by atoms with van der Waals surface area (Å²) in [6, 6.07) is 16.0. The molecule has 1 aliphatic carbocycles. The highest BCUT2D eigenvalue weighted by molar-refractivity contribution is 8.20. The second kappa shape index (κ2) is 13.2. The summed E-state index contributed by atoms with van der Waals surface area (Å²) in [4.78, 5) is 36.5. The van der Waals surface area contributed by atoms with Crippen molar-refractivity contribution >= 4 is 45.4 Å². The molecule has 1 fully saturated rings. The molecule has 2 aromatic rings. The third-order valence-corrected chi connectivity index (χ3v) is 12.2. The van der Waals surface area contributed by atoms with Crippen molar-refractivity contribution in [1.29, 1.82) is 0 Å². The molecule has 0 saturated carbocycles. The zero-order valence-corrected chi connectivity index (χ0v) is 28.2. The quantitative estimate of drug-likeness (QED) is 0.166. The molecule has 0 bridgehead atoms. The molecule has 2 amide bonds. The second-order valence-corrected chi connectivity index (χ2v) is 15.0. The van der Waals surface area contributed by atoms with E-state index in [4.69, 9.17) is 19.5 Å². The molecule has 3 heterocycles.